The van der Waals surface area contributed by atoms with Gasteiger partial charge in [-0.2, -0.15) is 0 Å². The summed E-state index contributed by atoms with van der Waals surface area (Å²) in [7, 11) is 7.58. The van der Waals surface area contributed by atoms with Gasteiger partial charge in [-0.25, -0.2) is 0 Å². The third-order valence-electron chi connectivity index (χ3n) is 4.08. The second-order valence-corrected chi connectivity index (χ2v) is 7.51. The van der Waals surface area contributed by atoms with Crippen molar-refractivity contribution < 1.29 is 62.7 Å². The van der Waals surface area contributed by atoms with Crippen molar-refractivity contribution in [3.05, 3.63) is 35.4 Å². The van der Waals surface area contributed by atoms with Gasteiger partial charge in [0, 0.05) is 11.1 Å². The van der Waals surface area contributed by atoms with Gasteiger partial charge in [-0.1, -0.05) is 24.3 Å². The van der Waals surface area contributed by atoms with Gasteiger partial charge in [0.25, 0.3) is 0 Å². The highest BCUT2D eigenvalue weighted by molar-refractivity contribution is 6.00. The molecule has 6 nitrogen and oxygen atoms in total. The minimum atomic E-state index is -0.0103. The lowest BCUT2D eigenvalue weighted by Crippen LogP contribution is -3.00. The molecule has 0 radical (unpaired) electrons. The van der Waals surface area contributed by atoms with E-state index in [-0.39, 0.29) is 58.7 Å². The zero-order chi connectivity index (χ0) is 18.4. The Labute approximate surface area is 177 Å². The lowest BCUT2D eigenvalue weighted by atomic mass is 10.0. The van der Waals surface area contributed by atoms with Crippen LogP contribution in [0.2, 0.25) is 0 Å². The molecular weight excluding hydrogens is 468 g/mol. The van der Waals surface area contributed by atoms with Crippen LogP contribution in [0.5, 0.6) is 0 Å². The van der Waals surface area contributed by atoms with Crippen LogP contribution in [0.4, 0.5) is 0 Å². The average molecular weight is 498 g/mol. The van der Waals surface area contributed by atoms with E-state index in [2.05, 4.69) is 0 Å². The Morgan fingerprint density at radius 3 is 1.23 bits per heavy atom. The number of aliphatic hydroxyl groups is 2. The van der Waals surface area contributed by atoms with Crippen molar-refractivity contribution in [1.82, 2.24) is 0 Å². The highest BCUT2D eigenvalue weighted by Gasteiger charge is 2.22. The molecular formula is C18H30Br2N2O4. The summed E-state index contributed by atoms with van der Waals surface area (Å²) in [6, 6.07) is 6.72. The van der Waals surface area contributed by atoms with Gasteiger partial charge >= 0.3 is 0 Å². The number of aliphatic hydroxyl groups excluding tert-OH is 2. The Morgan fingerprint density at radius 1 is 0.731 bits per heavy atom. The molecule has 1 aromatic carbocycles. The number of quaternary nitrogens is 2. The normalized spacial score (nSPS) is 11.3. The second-order valence-electron chi connectivity index (χ2n) is 7.51. The Morgan fingerprint density at radius 2 is 1.00 bits per heavy atom. The molecule has 26 heavy (non-hydrogen) atoms. The molecule has 0 heterocycles. The molecule has 0 aliphatic heterocycles. The largest absolute Gasteiger partial charge is 1.00 e. The van der Waals surface area contributed by atoms with Gasteiger partial charge in [0.05, 0.1) is 41.4 Å². The third-order valence-corrected chi connectivity index (χ3v) is 4.08. The Hall–Kier alpha value is -0.640. The number of nitrogens with zero attached hydrogens (tertiary/aromatic N) is 2. The molecule has 0 fully saturated rings. The Balaban J connectivity index is 0. The molecule has 2 N–H and O–H groups in total. The average Bonchev–Trinajstić information content (AvgIpc) is 2.46. The summed E-state index contributed by atoms with van der Waals surface area (Å²) in [6.07, 6.45) is 0. The van der Waals surface area contributed by atoms with E-state index in [1.807, 2.05) is 28.2 Å². The number of Topliss-reactive ketones (excluding diaryl/α,β-unsaturated/α-hetero) is 2. The van der Waals surface area contributed by atoms with Gasteiger partial charge < -0.3 is 53.1 Å². The zero-order valence-electron chi connectivity index (χ0n) is 15.9. The summed E-state index contributed by atoms with van der Waals surface area (Å²) in [6.45, 7) is 1.70. The van der Waals surface area contributed by atoms with E-state index in [0.717, 1.165) is 0 Å². The van der Waals surface area contributed by atoms with Crippen molar-refractivity contribution in [2.45, 2.75) is 0 Å². The van der Waals surface area contributed by atoms with Crippen LogP contribution >= 0.6 is 0 Å². The maximum Gasteiger partial charge on any atom is 0.216 e. The summed E-state index contributed by atoms with van der Waals surface area (Å²) < 4.78 is 0.839. The number of hydrogen-bond donors (Lipinski definition) is 2. The van der Waals surface area contributed by atoms with Crippen LogP contribution in [0.1, 0.15) is 20.7 Å². The zero-order valence-corrected chi connectivity index (χ0v) is 19.1. The Bertz CT molecular complexity index is 524. The second kappa shape index (κ2) is 11.9. The standard InChI is InChI=1S/C18H30N2O4.2BrH/c1-19(2,9-11-21)13-17(23)15-5-7-16(8-6-15)18(24)14-20(3,4)10-12-22;;/h5-8,21-22H,9-14H2,1-4H3;2*1H/q+2;;/p-2. The van der Waals surface area contributed by atoms with Crippen molar-refractivity contribution in [3.63, 3.8) is 0 Å². The molecule has 0 unspecified atom stereocenters. The van der Waals surface area contributed by atoms with Crippen molar-refractivity contribution >= 4 is 11.6 Å². The van der Waals surface area contributed by atoms with Gasteiger partial charge in [-0.05, 0) is 0 Å². The van der Waals surface area contributed by atoms with Crippen LogP contribution in [-0.4, -0.2) is 98.3 Å². The number of benzene rings is 1. The first-order valence-electron chi connectivity index (χ1n) is 8.12. The van der Waals surface area contributed by atoms with Crippen LogP contribution in [0, 0.1) is 0 Å². The predicted octanol–water partition coefficient (Wildman–Crippen LogP) is -5.80. The molecule has 0 amide bonds. The van der Waals surface area contributed by atoms with E-state index >= 15 is 0 Å². The van der Waals surface area contributed by atoms with Gasteiger partial charge in [-0.15, -0.1) is 0 Å². The fraction of sp³-hybridized carbons (Fsp3) is 0.556. The maximum atomic E-state index is 12.3. The van der Waals surface area contributed by atoms with Crippen LogP contribution in [-0.2, 0) is 0 Å². The van der Waals surface area contributed by atoms with Gasteiger partial charge in [-0.3, -0.25) is 9.59 Å². The highest BCUT2D eigenvalue weighted by atomic mass is 79.9. The summed E-state index contributed by atoms with van der Waals surface area (Å²) >= 11 is 0. The van der Waals surface area contributed by atoms with Gasteiger partial charge in [0.2, 0.25) is 11.6 Å². The van der Waals surface area contributed by atoms with E-state index in [0.29, 0.717) is 46.3 Å². The fourth-order valence-corrected chi connectivity index (χ4v) is 2.50. The van der Waals surface area contributed by atoms with E-state index in [9.17, 15) is 9.59 Å². The number of carbonyl (C=O) groups excluding carboxylic acids is 2. The summed E-state index contributed by atoms with van der Waals surface area (Å²) in [5.41, 5.74) is 1.14. The summed E-state index contributed by atoms with van der Waals surface area (Å²) in [4.78, 5) is 24.6. The van der Waals surface area contributed by atoms with Crippen molar-refractivity contribution in [3.8, 4) is 0 Å². The molecule has 1 rings (SSSR count). The molecule has 0 aliphatic carbocycles. The molecule has 0 spiro atoms. The predicted molar refractivity (Wildman–Crippen MR) is 93.0 cm³/mol. The number of rotatable bonds is 10. The fourth-order valence-electron chi connectivity index (χ4n) is 2.50. The first-order chi connectivity index (χ1) is 11.1. The molecule has 150 valence electrons. The van der Waals surface area contributed by atoms with Crippen LogP contribution in [0.3, 0.4) is 0 Å². The minimum absolute atomic E-state index is 0. The molecule has 0 bridgehead atoms. The smallest absolute Gasteiger partial charge is 0.216 e. The minimum Gasteiger partial charge on any atom is -1.00 e. The highest BCUT2D eigenvalue weighted by Crippen LogP contribution is 2.10. The topological polar surface area (TPSA) is 74.6 Å². The molecule has 0 saturated carbocycles. The summed E-state index contributed by atoms with van der Waals surface area (Å²) in [5, 5.41) is 18.1. The summed E-state index contributed by atoms with van der Waals surface area (Å²) in [5.74, 6) is -0.0207. The number of halogens is 2. The molecule has 1 aromatic rings. The van der Waals surface area contributed by atoms with E-state index in [1.165, 1.54) is 0 Å². The van der Waals surface area contributed by atoms with E-state index in [1.54, 1.807) is 24.3 Å². The van der Waals surface area contributed by atoms with Crippen molar-refractivity contribution in [2.75, 3.05) is 67.6 Å². The number of carbonyl (C=O) groups is 2. The lowest BCUT2D eigenvalue weighted by Gasteiger charge is -2.28. The van der Waals surface area contributed by atoms with Crippen LogP contribution < -0.4 is 34.0 Å². The first kappa shape index (κ1) is 27.6. The van der Waals surface area contributed by atoms with Crippen molar-refractivity contribution in [1.29, 1.82) is 0 Å². The lowest BCUT2D eigenvalue weighted by molar-refractivity contribution is -0.882. The number of likely N-dealkylation sites (N-methyl/N-ethyl adjacent to an activating group) is 2. The first-order valence-corrected chi connectivity index (χ1v) is 8.12. The number of ketones is 2. The molecule has 0 aliphatic rings. The van der Waals surface area contributed by atoms with E-state index in [4.69, 9.17) is 10.2 Å². The monoisotopic (exact) mass is 496 g/mol. The van der Waals surface area contributed by atoms with Gasteiger partial charge in [0.15, 0.2) is 0 Å². The Kier molecular flexibility index (Phi) is 12.7. The van der Waals surface area contributed by atoms with E-state index < -0.39 is 0 Å². The molecule has 0 aromatic heterocycles. The van der Waals surface area contributed by atoms with Crippen LogP contribution in [0.15, 0.2) is 24.3 Å². The molecule has 8 heteroatoms. The van der Waals surface area contributed by atoms with Crippen molar-refractivity contribution in [2.24, 2.45) is 0 Å². The third kappa shape index (κ3) is 9.34. The van der Waals surface area contributed by atoms with Gasteiger partial charge in [0.1, 0.15) is 26.2 Å². The quantitative estimate of drug-likeness (QED) is 0.249. The molecule has 0 atom stereocenters. The van der Waals surface area contributed by atoms with Crippen LogP contribution in [0.25, 0.3) is 0 Å². The SMILES string of the molecule is C[N+](C)(CCO)CC(=O)c1ccc(C(=O)C[N+](C)(C)CCO)cc1.[Br-].[Br-]. The molecule has 0 saturated heterocycles. The number of hydrogen-bond acceptors (Lipinski definition) is 4. The maximum absolute atomic E-state index is 12.3.